The SMILES string of the molecule is O=[P+](O)O.c1ccc(Oc2ccccc2)cc1. The molecule has 2 rings (SSSR count). The summed E-state index contributed by atoms with van der Waals surface area (Å²) < 4.78 is 14.3. The van der Waals surface area contributed by atoms with Crippen LogP contribution in [0, 0.1) is 0 Å². The summed E-state index contributed by atoms with van der Waals surface area (Å²) in [5.41, 5.74) is 0. The fourth-order valence-corrected chi connectivity index (χ4v) is 1.11. The van der Waals surface area contributed by atoms with Crippen LogP contribution in [0.5, 0.6) is 11.5 Å². The maximum atomic E-state index is 8.70. The molecule has 0 saturated heterocycles. The van der Waals surface area contributed by atoms with Gasteiger partial charge in [-0.2, -0.15) is 0 Å². The standard InChI is InChI=1S/C12H10O.HO3P/c1-3-7-11(8-4-1)13-12-9-5-2-6-10-12;1-4(2)3/h1-10H;(H-,1,2,3)/p+1. The van der Waals surface area contributed by atoms with Gasteiger partial charge >= 0.3 is 8.25 Å². The Morgan fingerprint density at radius 2 is 1.06 bits per heavy atom. The summed E-state index contributed by atoms with van der Waals surface area (Å²) in [6.07, 6.45) is 0. The summed E-state index contributed by atoms with van der Waals surface area (Å²) in [7, 11) is -2.87. The molecular weight excluding hydrogens is 239 g/mol. The smallest absolute Gasteiger partial charge is 0.457 e. The quantitative estimate of drug-likeness (QED) is 0.805. The first-order valence-corrected chi connectivity index (χ1v) is 5.98. The average Bonchev–Trinajstić information content (AvgIpc) is 2.31. The molecule has 0 spiro atoms. The lowest BCUT2D eigenvalue weighted by molar-refractivity contribution is 0.405. The van der Waals surface area contributed by atoms with Crippen molar-refractivity contribution in [2.75, 3.05) is 0 Å². The average molecular weight is 251 g/mol. The Hall–Kier alpha value is -1.74. The van der Waals surface area contributed by atoms with Crippen molar-refractivity contribution < 1.29 is 19.1 Å². The van der Waals surface area contributed by atoms with Gasteiger partial charge in [0.25, 0.3) is 0 Å². The van der Waals surface area contributed by atoms with Crippen LogP contribution >= 0.6 is 8.25 Å². The predicted octanol–water partition coefficient (Wildman–Crippen LogP) is 3.11. The van der Waals surface area contributed by atoms with E-state index in [0.29, 0.717) is 0 Å². The fraction of sp³-hybridized carbons (Fsp3) is 0. The monoisotopic (exact) mass is 251 g/mol. The van der Waals surface area contributed by atoms with Crippen molar-refractivity contribution in [1.29, 1.82) is 0 Å². The number of hydrogen-bond donors (Lipinski definition) is 2. The van der Waals surface area contributed by atoms with Crippen LogP contribution in [-0.4, -0.2) is 9.79 Å². The van der Waals surface area contributed by atoms with Crippen molar-refractivity contribution >= 4 is 8.25 Å². The van der Waals surface area contributed by atoms with Crippen LogP contribution in [0.3, 0.4) is 0 Å². The third-order valence-electron chi connectivity index (χ3n) is 1.72. The lowest BCUT2D eigenvalue weighted by Crippen LogP contribution is -1.81. The van der Waals surface area contributed by atoms with Gasteiger partial charge in [0.15, 0.2) is 0 Å². The van der Waals surface area contributed by atoms with Gasteiger partial charge in [-0.3, -0.25) is 0 Å². The molecule has 2 aromatic carbocycles. The second-order valence-electron chi connectivity index (χ2n) is 2.98. The minimum absolute atomic E-state index is 0.869. The van der Waals surface area contributed by atoms with Crippen LogP contribution in [0.25, 0.3) is 0 Å². The molecule has 17 heavy (non-hydrogen) atoms. The van der Waals surface area contributed by atoms with E-state index in [1.165, 1.54) is 0 Å². The first kappa shape index (κ1) is 13.3. The summed E-state index contributed by atoms with van der Waals surface area (Å²) in [5.74, 6) is 1.74. The van der Waals surface area contributed by atoms with Crippen LogP contribution in [-0.2, 0) is 4.57 Å². The Labute approximate surface area is 100 Å². The Balaban J connectivity index is 0.000000317. The second kappa shape index (κ2) is 7.52. The zero-order valence-corrected chi connectivity index (χ0v) is 9.83. The molecule has 0 bridgehead atoms. The molecule has 0 saturated carbocycles. The van der Waals surface area contributed by atoms with Gasteiger partial charge in [-0.05, 0) is 24.3 Å². The van der Waals surface area contributed by atoms with Crippen LogP contribution in [0.4, 0.5) is 0 Å². The molecule has 0 atom stereocenters. The van der Waals surface area contributed by atoms with E-state index in [4.69, 9.17) is 19.1 Å². The first-order chi connectivity index (χ1) is 8.18. The van der Waals surface area contributed by atoms with E-state index in [0.717, 1.165) is 11.5 Å². The van der Waals surface area contributed by atoms with Crippen LogP contribution in [0.15, 0.2) is 60.7 Å². The predicted molar refractivity (Wildman–Crippen MR) is 65.0 cm³/mol. The van der Waals surface area contributed by atoms with Crippen molar-refractivity contribution in [2.24, 2.45) is 0 Å². The molecule has 5 heteroatoms. The van der Waals surface area contributed by atoms with Gasteiger partial charge in [0.05, 0.1) is 0 Å². The number of ether oxygens (including phenoxy) is 1. The van der Waals surface area contributed by atoms with Gasteiger partial charge in [-0.15, -0.1) is 9.79 Å². The summed E-state index contributed by atoms with van der Waals surface area (Å²) in [6, 6.07) is 19.5. The molecule has 0 aliphatic carbocycles. The third-order valence-corrected chi connectivity index (χ3v) is 1.72. The maximum absolute atomic E-state index is 8.70. The summed E-state index contributed by atoms with van der Waals surface area (Å²) in [5, 5.41) is 0. The molecule has 0 aromatic heterocycles. The highest BCUT2D eigenvalue weighted by Gasteiger charge is 1.93. The molecule has 88 valence electrons. The van der Waals surface area contributed by atoms with Gasteiger partial charge in [0, 0.05) is 4.57 Å². The molecule has 0 aliphatic rings. The molecule has 2 aromatic rings. The Morgan fingerprint density at radius 1 is 0.765 bits per heavy atom. The Kier molecular flexibility index (Phi) is 5.89. The summed E-state index contributed by atoms with van der Waals surface area (Å²) >= 11 is 0. The van der Waals surface area contributed by atoms with Crippen molar-refractivity contribution in [3.63, 3.8) is 0 Å². The fourth-order valence-electron chi connectivity index (χ4n) is 1.11. The van der Waals surface area contributed by atoms with Gasteiger partial charge < -0.3 is 4.74 Å². The number of benzene rings is 2. The van der Waals surface area contributed by atoms with Crippen molar-refractivity contribution in [3.05, 3.63) is 60.7 Å². The van der Waals surface area contributed by atoms with Crippen LogP contribution in [0.1, 0.15) is 0 Å². The minimum atomic E-state index is -2.87. The number of para-hydroxylation sites is 2. The zero-order valence-electron chi connectivity index (χ0n) is 8.93. The molecule has 4 nitrogen and oxygen atoms in total. The molecule has 0 heterocycles. The van der Waals surface area contributed by atoms with E-state index in [1.807, 2.05) is 60.7 Å². The molecular formula is C12H12O4P+. The maximum Gasteiger partial charge on any atom is 0.692 e. The van der Waals surface area contributed by atoms with Gasteiger partial charge in [-0.25, -0.2) is 0 Å². The highest BCUT2D eigenvalue weighted by atomic mass is 31.1. The molecule has 0 radical (unpaired) electrons. The normalized spacial score (nSPS) is 8.82. The number of rotatable bonds is 2. The molecule has 0 unspecified atom stereocenters. The summed E-state index contributed by atoms with van der Waals surface area (Å²) in [4.78, 5) is 14.2. The van der Waals surface area contributed by atoms with Crippen LogP contribution < -0.4 is 4.74 Å². The second-order valence-corrected chi connectivity index (χ2v) is 3.49. The van der Waals surface area contributed by atoms with Crippen molar-refractivity contribution in [3.8, 4) is 11.5 Å². The molecule has 0 amide bonds. The topological polar surface area (TPSA) is 66.8 Å². The number of hydrogen-bond acceptors (Lipinski definition) is 2. The van der Waals surface area contributed by atoms with Gasteiger partial charge in [-0.1, -0.05) is 36.4 Å². The Morgan fingerprint density at radius 3 is 1.35 bits per heavy atom. The molecule has 2 N–H and O–H groups in total. The van der Waals surface area contributed by atoms with E-state index in [-0.39, 0.29) is 0 Å². The lowest BCUT2D eigenvalue weighted by Gasteiger charge is -2.03. The highest BCUT2D eigenvalue weighted by Crippen LogP contribution is 2.19. The third kappa shape index (κ3) is 6.43. The van der Waals surface area contributed by atoms with Gasteiger partial charge in [0.1, 0.15) is 11.5 Å². The van der Waals surface area contributed by atoms with E-state index >= 15 is 0 Å². The minimum Gasteiger partial charge on any atom is -0.457 e. The van der Waals surface area contributed by atoms with Gasteiger partial charge in [0.2, 0.25) is 0 Å². The highest BCUT2D eigenvalue weighted by molar-refractivity contribution is 7.30. The Bertz CT molecular complexity index is 403. The van der Waals surface area contributed by atoms with E-state index < -0.39 is 8.25 Å². The largest absolute Gasteiger partial charge is 0.692 e. The molecule has 0 aliphatic heterocycles. The van der Waals surface area contributed by atoms with Crippen molar-refractivity contribution in [2.45, 2.75) is 0 Å². The zero-order chi connectivity index (χ0) is 12.5. The van der Waals surface area contributed by atoms with E-state index in [9.17, 15) is 0 Å². The molecule has 0 fully saturated rings. The summed E-state index contributed by atoms with van der Waals surface area (Å²) in [6.45, 7) is 0. The van der Waals surface area contributed by atoms with E-state index in [1.54, 1.807) is 0 Å². The van der Waals surface area contributed by atoms with E-state index in [2.05, 4.69) is 0 Å². The lowest BCUT2D eigenvalue weighted by atomic mass is 10.3. The first-order valence-electron chi connectivity index (χ1n) is 4.81. The van der Waals surface area contributed by atoms with Crippen LogP contribution in [0.2, 0.25) is 0 Å². The van der Waals surface area contributed by atoms with Crippen molar-refractivity contribution in [1.82, 2.24) is 0 Å².